The molecule has 0 amide bonds. The van der Waals surface area contributed by atoms with Gasteiger partial charge < -0.3 is 10.3 Å². The monoisotopic (exact) mass is 349 g/mol. The number of halogens is 2. The minimum atomic E-state index is 0.410. The second kappa shape index (κ2) is 5.26. The van der Waals surface area contributed by atoms with E-state index in [2.05, 4.69) is 26.1 Å². The van der Waals surface area contributed by atoms with Crippen molar-refractivity contribution in [1.82, 2.24) is 10.1 Å². The summed E-state index contributed by atoms with van der Waals surface area (Å²) < 4.78 is 6.13. The van der Waals surface area contributed by atoms with Crippen LogP contribution in [0.25, 0.3) is 22.8 Å². The first kappa shape index (κ1) is 13.1. The third-order valence-electron chi connectivity index (χ3n) is 2.68. The van der Waals surface area contributed by atoms with Gasteiger partial charge in [0.05, 0.1) is 0 Å². The summed E-state index contributed by atoms with van der Waals surface area (Å²) in [5.41, 5.74) is 7.98. The fourth-order valence-corrected chi connectivity index (χ4v) is 2.52. The molecule has 0 aliphatic rings. The second-order valence-corrected chi connectivity index (χ2v) is 5.56. The number of hydrogen-bond donors (Lipinski definition) is 1. The molecule has 0 aliphatic heterocycles. The largest absolute Gasteiger partial charge is 0.399 e. The predicted molar refractivity (Wildman–Crippen MR) is 82.3 cm³/mol. The molecule has 1 heterocycles. The number of benzene rings is 2. The third kappa shape index (κ3) is 2.69. The maximum absolute atomic E-state index is 5.95. The third-order valence-corrected chi connectivity index (χ3v) is 3.37. The zero-order chi connectivity index (χ0) is 14.1. The van der Waals surface area contributed by atoms with Gasteiger partial charge in [-0.1, -0.05) is 44.8 Å². The molecule has 3 rings (SSSR count). The van der Waals surface area contributed by atoms with E-state index in [-0.39, 0.29) is 0 Å². The van der Waals surface area contributed by atoms with Gasteiger partial charge in [-0.05, 0) is 30.3 Å². The average Bonchev–Trinajstić information content (AvgIpc) is 2.87. The smallest absolute Gasteiger partial charge is 0.258 e. The maximum Gasteiger partial charge on any atom is 0.258 e. The molecule has 20 heavy (non-hydrogen) atoms. The maximum atomic E-state index is 5.95. The summed E-state index contributed by atoms with van der Waals surface area (Å²) >= 11 is 9.34. The predicted octanol–water partition coefficient (Wildman–Crippen LogP) is 4.40. The van der Waals surface area contributed by atoms with Gasteiger partial charge in [-0.3, -0.25) is 0 Å². The summed E-state index contributed by atoms with van der Waals surface area (Å²) in [6, 6.07) is 12.7. The van der Waals surface area contributed by atoms with E-state index in [0.29, 0.717) is 22.4 Å². The molecule has 0 unspecified atom stereocenters. The van der Waals surface area contributed by atoms with E-state index in [4.69, 9.17) is 21.9 Å². The minimum absolute atomic E-state index is 0.410. The van der Waals surface area contributed by atoms with Crippen LogP contribution < -0.4 is 5.73 Å². The van der Waals surface area contributed by atoms with Crippen LogP contribution in [0.5, 0.6) is 0 Å². The molecule has 1 aromatic heterocycles. The van der Waals surface area contributed by atoms with E-state index >= 15 is 0 Å². The molecule has 0 aliphatic carbocycles. The SMILES string of the molecule is Nc1cc(Br)cc(-c2nc(-c3cccc(Cl)c3)no2)c1. The Balaban J connectivity index is 2.02. The molecule has 0 saturated heterocycles. The molecule has 0 saturated carbocycles. The molecule has 0 radical (unpaired) electrons. The van der Waals surface area contributed by atoms with Crippen molar-refractivity contribution in [3.05, 3.63) is 52.0 Å². The molecule has 0 spiro atoms. The van der Waals surface area contributed by atoms with Gasteiger partial charge in [0.1, 0.15) is 0 Å². The Morgan fingerprint density at radius 2 is 1.95 bits per heavy atom. The van der Waals surface area contributed by atoms with Crippen molar-refractivity contribution in [2.75, 3.05) is 5.73 Å². The summed E-state index contributed by atoms with van der Waals surface area (Å²) in [6.07, 6.45) is 0. The number of aromatic nitrogens is 2. The highest BCUT2D eigenvalue weighted by atomic mass is 79.9. The van der Waals surface area contributed by atoms with Crippen LogP contribution in [0.4, 0.5) is 5.69 Å². The van der Waals surface area contributed by atoms with Gasteiger partial charge in [-0.2, -0.15) is 4.98 Å². The van der Waals surface area contributed by atoms with E-state index in [9.17, 15) is 0 Å². The van der Waals surface area contributed by atoms with Crippen molar-refractivity contribution < 1.29 is 4.52 Å². The number of hydrogen-bond acceptors (Lipinski definition) is 4. The van der Waals surface area contributed by atoms with E-state index in [1.807, 2.05) is 18.2 Å². The van der Waals surface area contributed by atoms with Crippen LogP contribution in [0.1, 0.15) is 0 Å². The number of nitrogens with two attached hydrogens (primary N) is 1. The van der Waals surface area contributed by atoms with Crippen molar-refractivity contribution in [1.29, 1.82) is 0 Å². The lowest BCUT2D eigenvalue weighted by Gasteiger charge is -1.98. The first-order valence-corrected chi connectivity index (χ1v) is 6.95. The topological polar surface area (TPSA) is 64.9 Å². The first-order valence-electron chi connectivity index (χ1n) is 5.78. The van der Waals surface area contributed by atoms with Crippen molar-refractivity contribution in [2.45, 2.75) is 0 Å². The molecule has 6 heteroatoms. The molecule has 2 aromatic carbocycles. The zero-order valence-electron chi connectivity index (χ0n) is 10.2. The number of nitrogen functional groups attached to an aromatic ring is 1. The van der Waals surface area contributed by atoms with Crippen molar-refractivity contribution in [2.24, 2.45) is 0 Å². The van der Waals surface area contributed by atoms with Crippen molar-refractivity contribution >= 4 is 33.2 Å². The fraction of sp³-hybridized carbons (Fsp3) is 0. The zero-order valence-corrected chi connectivity index (χ0v) is 12.5. The van der Waals surface area contributed by atoms with E-state index < -0.39 is 0 Å². The Kier molecular flexibility index (Phi) is 3.46. The lowest BCUT2D eigenvalue weighted by atomic mass is 10.2. The van der Waals surface area contributed by atoms with Gasteiger partial charge in [-0.25, -0.2) is 0 Å². The van der Waals surface area contributed by atoms with E-state index in [1.54, 1.807) is 24.3 Å². The lowest BCUT2D eigenvalue weighted by molar-refractivity contribution is 0.432. The minimum Gasteiger partial charge on any atom is -0.399 e. The number of nitrogens with zero attached hydrogens (tertiary/aromatic N) is 2. The van der Waals surface area contributed by atoms with Crippen LogP contribution in [-0.2, 0) is 0 Å². The average molecular weight is 351 g/mol. The standard InChI is InChI=1S/C14H9BrClN3O/c15-10-4-9(6-12(17)7-10)14-18-13(19-20-14)8-2-1-3-11(16)5-8/h1-7H,17H2. The summed E-state index contributed by atoms with van der Waals surface area (Å²) in [6.45, 7) is 0. The molecule has 0 fully saturated rings. The molecular formula is C14H9BrClN3O. The number of rotatable bonds is 2. The molecule has 2 N–H and O–H groups in total. The van der Waals surface area contributed by atoms with Crippen LogP contribution in [-0.4, -0.2) is 10.1 Å². The second-order valence-electron chi connectivity index (χ2n) is 4.21. The van der Waals surface area contributed by atoms with Crippen molar-refractivity contribution in [3.63, 3.8) is 0 Å². The Bertz CT molecular complexity index is 752. The van der Waals surface area contributed by atoms with Crippen LogP contribution in [0.15, 0.2) is 51.5 Å². The summed E-state index contributed by atoms with van der Waals surface area (Å²) in [4.78, 5) is 4.36. The fourth-order valence-electron chi connectivity index (χ4n) is 1.82. The highest BCUT2D eigenvalue weighted by molar-refractivity contribution is 9.10. The number of anilines is 1. The van der Waals surface area contributed by atoms with E-state index in [1.165, 1.54) is 0 Å². The lowest BCUT2D eigenvalue weighted by Crippen LogP contribution is -1.86. The summed E-state index contributed by atoms with van der Waals surface area (Å²) in [5, 5.41) is 4.59. The quantitative estimate of drug-likeness (QED) is 0.696. The molecule has 3 aromatic rings. The summed E-state index contributed by atoms with van der Waals surface area (Å²) in [5.74, 6) is 0.897. The highest BCUT2D eigenvalue weighted by Gasteiger charge is 2.11. The van der Waals surface area contributed by atoms with E-state index in [0.717, 1.165) is 15.6 Å². The van der Waals surface area contributed by atoms with Crippen molar-refractivity contribution in [3.8, 4) is 22.8 Å². The van der Waals surface area contributed by atoms with Gasteiger partial charge in [-0.15, -0.1) is 0 Å². The van der Waals surface area contributed by atoms with Crippen LogP contribution in [0.2, 0.25) is 5.02 Å². The Hall–Kier alpha value is -1.85. The molecule has 0 atom stereocenters. The molecule has 4 nitrogen and oxygen atoms in total. The molecular weight excluding hydrogens is 342 g/mol. The van der Waals surface area contributed by atoms with Gasteiger partial charge in [0.15, 0.2) is 0 Å². The normalized spacial score (nSPS) is 10.7. The first-order chi connectivity index (χ1) is 9.61. The Morgan fingerprint density at radius 3 is 2.70 bits per heavy atom. The Morgan fingerprint density at radius 1 is 1.10 bits per heavy atom. The van der Waals surface area contributed by atoms with Crippen LogP contribution in [0, 0.1) is 0 Å². The Labute approximate surface area is 128 Å². The van der Waals surface area contributed by atoms with Crippen LogP contribution >= 0.6 is 27.5 Å². The summed E-state index contributed by atoms with van der Waals surface area (Å²) in [7, 11) is 0. The van der Waals surface area contributed by atoms with Gasteiger partial charge in [0, 0.05) is 26.3 Å². The van der Waals surface area contributed by atoms with Crippen LogP contribution in [0.3, 0.4) is 0 Å². The van der Waals surface area contributed by atoms with Gasteiger partial charge in [0.2, 0.25) is 5.82 Å². The molecule has 100 valence electrons. The molecule has 0 bridgehead atoms. The highest BCUT2D eigenvalue weighted by Crippen LogP contribution is 2.27. The van der Waals surface area contributed by atoms with Gasteiger partial charge >= 0.3 is 0 Å². The van der Waals surface area contributed by atoms with Gasteiger partial charge in [0.25, 0.3) is 5.89 Å².